The third-order valence-electron chi connectivity index (χ3n) is 4.70. The zero-order valence-corrected chi connectivity index (χ0v) is 16.3. The van der Waals surface area contributed by atoms with Crippen LogP contribution < -0.4 is 5.32 Å². The Morgan fingerprint density at radius 1 is 1.14 bits per heavy atom. The van der Waals surface area contributed by atoms with Crippen LogP contribution in [0.1, 0.15) is 28.3 Å². The van der Waals surface area contributed by atoms with Crippen LogP contribution in [0, 0.1) is 18.6 Å². The molecule has 1 atom stereocenters. The first-order valence-electron chi connectivity index (χ1n) is 8.46. The van der Waals surface area contributed by atoms with E-state index in [0.29, 0.717) is 4.88 Å². The smallest absolute Gasteiger partial charge is 0.225 e. The van der Waals surface area contributed by atoms with E-state index in [-0.39, 0.29) is 27.5 Å². The molecule has 0 spiro atoms. The molecule has 0 radical (unpaired) electrons. The minimum Gasteiger partial charge on any atom is -0.324 e. The van der Waals surface area contributed by atoms with Crippen LogP contribution in [0.5, 0.6) is 0 Å². The van der Waals surface area contributed by atoms with Crippen LogP contribution in [-0.4, -0.2) is 14.3 Å². The van der Waals surface area contributed by atoms with E-state index in [1.165, 1.54) is 23.6 Å². The van der Waals surface area contributed by atoms with Gasteiger partial charge in [-0.1, -0.05) is 24.3 Å². The van der Waals surface area contributed by atoms with Gasteiger partial charge in [-0.25, -0.2) is 17.2 Å². The van der Waals surface area contributed by atoms with E-state index in [2.05, 4.69) is 5.32 Å². The van der Waals surface area contributed by atoms with Gasteiger partial charge in [0, 0.05) is 22.6 Å². The van der Waals surface area contributed by atoms with Crippen LogP contribution in [-0.2, 0) is 14.6 Å². The molecule has 0 fully saturated rings. The standard InChI is InChI=1S/C20H15F2NO3S2/c1-11-4-2-5-12(8-11)28(25,26)16-10-27-20-14(9-17(24)23-19(16)20)13-6-3-7-15(21)18(13)22/h2-8,10,14H,9H2,1H3,(H,23,24)/t14-/m0/s1. The van der Waals surface area contributed by atoms with E-state index in [9.17, 15) is 22.0 Å². The summed E-state index contributed by atoms with van der Waals surface area (Å²) in [6, 6.07) is 10.3. The van der Waals surface area contributed by atoms with Gasteiger partial charge in [0.05, 0.1) is 10.6 Å². The Balaban J connectivity index is 1.87. The van der Waals surface area contributed by atoms with Gasteiger partial charge >= 0.3 is 0 Å². The number of halogens is 2. The summed E-state index contributed by atoms with van der Waals surface area (Å²) in [7, 11) is -3.88. The van der Waals surface area contributed by atoms with E-state index in [0.717, 1.165) is 23.0 Å². The predicted octanol–water partition coefficient (Wildman–Crippen LogP) is 4.64. The van der Waals surface area contributed by atoms with Gasteiger partial charge < -0.3 is 5.32 Å². The number of benzene rings is 2. The number of carbonyl (C=O) groups is 1. The van der Waals surface area contributed by atoms with Crippen LogP contribution in [0.4, 0.5) is 14.5 Å². The Morgan fingerprint density at radius 3 is 2.64 bits per heavy atom. The minimum absolute atomic E-state index is 0.0343. The first-order valence-corrected chi connectivity index (χ1v) is 10.8. The number of carbonyl (C=O) groups excluding carboxylic acids is 1. The first-order chi connectivity index (χ1) is 13.3. The topological polar surface area (TPSA) is 63.2 Å². The second-order valence-electron chi connectivity index (χ2n) is 6.61. The van der Waals surface area contributed by atoms with Gasteiger partial charge in [0.2, 0.25) is 15.7 Å². The number of rotatable bonds is 3. The van der Waals surface area contributed by atoms with Gasteiger partial charge in [0.1, 0.15) is 4.90 Å². The summed E-state index contributed by atoms with van der Waals surface area (Å²) in [5.41, 5.74) is 0.975. The summed E-state index contributed by atoms with van der Waals surface area (Å²) in [5, 5.41) is 4.05. The number of aryl methyl sites for hydroxylation is 1. The molecule has 144 valence electrons. The molecule has 8 heteroatoms. The third kappa shape index (κ3) is 3.02. The molecular formula is C20H15F2NO3S2. The molecule has 28 heavy (non-hydrogen) atoms. The zero-order valence-electron chi connectivity index (χ0n) is 14.7. The molecule has 4 nitrogen and oxygen atoms in total. The Morgan fingerprint density at radius 2 is 1.89 bits per heavy atom. The van der Waals surface area contributed by atoms with Gasteiger partial charge in [0.25, 0.3) is 0 Å². The number of nitrogens with one attached hydrogen (secondary N) is 1. The van der Waals surface area contributed by atoms with Gasteiger partial charge in [-0.05, 0) is 36.2 Å². The number of fused-ring (bicyclic) bond motifs is 1. The van der Waals surface area contributed by atoms with E-state index in [1.807, 2.05) is 0 Å². The summed E-state index contributed by atoms with van der Waals surface area (Å²) < 4.78 is 54.3. The van der Waals surface area contributed by atoms with Crippen molar-refractivity contribution in [2.24, 2.45) is 0 Å². The van der Waals surface area contributed by atoms with Crippen LogP contribution in [0.2, 0.25) is 0 Å². The second kappa shape index (κ2) is 6.79. The van der Waals surface area contributed by atoms with Crippen LogP contribution in [0.3, 0.4) is 0 Å². The molecule has 3 aromatic rings. The van der Waals surface area contributed by atoms with Crippen molar-refractivity contribution in [3.8, 4) is 0 Å². The number of anilines is 1. The first kappa shape index (κ1) is 18.8. The molecule has 0 saturated heterocycles. The molecule has 2 aromatic carbocycles. The molecule has 1 aliphatic rings. The molecule has 0 aliphatic carbocycles. The summed E-state index contributed by atoms with van der Waals surface area (Å²) >= 11 is 1.11. The van der Waals surface area contributed by atoms with Crippen molar-refractivity contribution in [1.29, 1.82) is 0 Å². The fraction of sp³-hybridized carbons (Fsp3) is 0.150. The lowest BCUT2D eigenvalue weighted by Gasteiger charge is -2.24. The molecule has 1 amide bonds. The highest BCUT2D eigenvalue weighted by atomic mass is 32.2. The molecule has 1 aromatic heterocycles. The molecule has 0 unspecified atom stereocenters. The molecule has 2 heterocycles. The molecule has 4 rings (SSSR count). The maximum absolute atomic E-state index is 14.3. The van der Waals surface area contributed by atoms with E-state index < -0.39 is 33.3 Å². The molecule has 1 N–H and O–H groups in total. The minimum atomic E-state index is -3.88. The summed E-state index contributed by atoms with van der Waals surface area (Å²) in [5.74, 6) is -3.22. The van der Waals surface area contributed by atoms with Gasteiger partial charge in [-0.3, -0.25) is 4.79 Å². The average Bonchev–Trinajstić information content (AvgIpc) is 3.08. The number of hydrogen-bond acceptors (Lipinski definition) is 4. The van der Waals surface area contributed by atoms with Crippen molar-refractivity contribution in [2.45, 2.75) is 29.1 Å². The van der Waals surface area contributed by atoms with E-state index in [4.69, 9.17) is 0 Å². The second-order valence-corrected chi connectivity index (χ2v) is 9.44. The van der Waals surface area contributed by atoms with Crippen molar-refractivity contribution < 1.29 is 22.0 Å². The number of hydrogen-bond donors (Lipinski definition) is 1. The van der Waals surface area contributed by atoms with Crippen molar-refractivity contribution in [3.63, 3.8) is 0 Å². The lowest BCUT2D eigenvalue weighted by atomic mass is 9.90. The quantitative estimate of drug-likeness (QED) is 0.673. The Bertz CT molecular complexity index is 1200. The van der Waals surface area contributed by atoms with Gasteiger partial charge in [-0.15, -0.1) is 11.3 Å². The maximum Gasteiger partial charge on any atom is 0.225 e. The van der Waals surface area contributed by atoms with Crippen LogP contribution >= 0.6 is 11.3 Å². The van der Waals surface area contributed by atoms with Crippen molar-refractivity contribution in [3.05, 3.63) is 75.5 Å². The normalized spacial score (nSPS) is 16.5. The fourth-order valence-corrected chi connectivity index (χ4v) is 6.36. The van der Waals surface area contributed by atoms with Gasteiger partial charge in [0.15, 0.2) is 11.6 Å². The highest BCUT2D eigenvalue weighted by Crippen LogP contribution is 2.46. The monoisotopic (exact) mass is 419 g/mol. The SMILES string of the molecule is Cc1cccc(S(=O)(=O)c2csc3c2NC(=O)C[C@H]3c2cccc(F)c2F)c1. The molecular weight excluding hydrogens is 404 g/mol. The number of amides is 1. The molecule has 0 bridgehead atoms. The van der Waals surface area contributed by atoms with Crippen molar-refractivity contribution in [1.82, 2.24) is 0 Å². The number of sulfone groups is 1. The predicted molar refractivity (Wildman–Crippen MR) is 102 cm³/mol. The van der Waals surface area contributed by atoms with Crippen molar-refractivity contribution in [2.75, 3.05) is 5.32 Å². The van der Waals surface area contributed by atoms with Gasteiger partial charge in [-0.2, -0.15) is 0 Å². The highest BCUT2D eigenvalue weighted by Gasteiger charge is 2.35. The molecule has 1 aliphatic heterocycles. The Labute approximate surface area is 164 Å². The van der Waals surface area contributed by atoms with E-state index >= 15 is 0 Å². The lowest BCUT2D eigenvalue weighted by Crippen LogP contribution is -2.24. The third-order valence-corrected chi connectivity index (χ3v) is 7.72. The summed E-state index contributed by atoms with van der Waals surface area (Å²) in [6.07, 6.45) is -0.0855. The van der Waals surface area contributed by atoms with E-state index in [1.54, 1.807) is 25.1 Å². The Hall–Kier alpha value is -2.58. The fourth-order valence-electron chi connectivity index (χ4n) is 3.35. The zero-order chi connectivity index (χ0) is 20.1. The summed E-state index contributed by atoms with van der Waals surface area (Å²) in [4.78, 5) is 12.8. The largest absolute Gasteiger partial charge is 0.324 e. The van der Waals surface area contributed by atoms with Crippen LogP contribution in [0.15, 0.2) is 57.6 Å². The van der Waals surface area contributed by atoms with Crippen molar-refractivity contribution >= 4 is 32.8 Å². The Kier molecular flexibility index (Phi) is 4.55. The summed E-state index contributed by atoms with van der Waals surface area (Å²) in [6.45, 7) is 1.78. The number of thiophene rings is 1. The highest BCUT2D eigenvalue weighted by molar-refractivity contribution is 7.91. The lowest BCUT2D eigenvalue weighted by molar-refractivity contribution is -0.116. The maximum atomic E-state index is 14.3. The van der Waals surface area contributed by atoms with Crippen LogP contribution in [0.25, 0.3) is 0 Å². The average molecular weight is 419 g/mol. The molecule has 0 saturated carbocycles.